The van der Waals surface area contributed by atoms with Gasteiger partial charge in [0.1, 0.15) is 11.4 Å². The molecule has 2 aliphatic rings. The molecule has 156 valence electrons. The van der Waals surface area contributed by atoms with Crippen LogP contribution in [0.4, 0.5) is 0 Å². The van der Waals surface area contributed by atoms with Gasteiger partial charge >= 0.3 is 5.97 Å². The van der Waals surface area contributed by atoms with E-state index in [1.54, 1.807) is 0 Å². The van der Waals surface area contributed by atoms with Crippen molar-refractivity contribution < 1.29 is 23.4 Å². The first kappa shape index (κ1) is 22.1. The molecule has 1 fully saturated rings. The molecule has 0 radical (unpaired) electrons. The van der Waals surface area contributed by atoms with Crippen molar-refractivity contribution in [3.8, 4) is 0 Å². The van der Waals surface area contributed by atoms with E-state index in [0.717, 1.165) is 5.56 Å². The molecule has 0 aliphatic carbocycles. The summed E-state index contributed by atoms with van der Waals surface area (Å²) in [7, 11) is -2.18. The number of nitrogens with one attached hydrogen (secondary N) is 1. The number of hydrogen-bond acceptors (Lipinski definition) is 5. The van der Waals surface area contributed by atoms with Crippen LogP contribution in [0.5, 0.6) is 0 Å². The van der Waals surface area contributed by atoms with Crippen LogP contribution >= 0.6 is 15.9 Å². The summed E-state index contributed by atoms with van der Waals surface area (Å²) in [5, 5.41) is 2.24. The first-order valence-electron chi connectivity index (χ1n) is 9.17. The lowest BCUT2D eigenvalue weighted by atomic mass is 10.0. The molecule has 0 bridgehead atoms. The van der Waals surface area contributed by atoms with Crippen molar-refractivity contribution in [2.45, 2.75) is 37.5 Å². The van der Waals surface area contributed by atoms with Crippen LogP contribution in [-0.2, 0) is 36.4 Å². The highest BCUT2D eigenvalue weighted by atomic mass is 79.9. The van der Waals surface area contributed by atoms with Crippen LogP contribution in [-0.4, -0.2) is 58.1 Å². The molecule has 1 N–H and O–H groups in total. The number of alkyl halides is 1. The minimum absolute atomic E-state index is 0.122. The van der Waals surface area contributed by atoms with Crippen molar-refractivity contribution in [3.63, 3.8) is 0 Å². The summed E-state index contributed by atoms with van der Waals surface area (Å²) >= 11 is 1.89. The molecule has 2 heterocycles. The summed E-state index contributed by atoms with van der Waals surface area (Å²) in [4.78, 5) is 39.2. The maximum Gasteiger partial charge on any atom is 0.342 e. The van der Waals surface area contributed by atoms with Crippen molar-refractivity contribution in [1.29, 1.82) is 0 Å². The van der Waals surface area contributed by atoms with Crippen molar-refractivity contribution in [2.24, 2.45) is 0 Å². The Labute approximate surface area is 182 Å². The highest BCUT2D eigenvalue weighted by Gasteiger charge is 2.61. The van der Waals surface area contributed by atoms with Gasteiger partial charge in [0.2, 0.25) is 19.6 Å². The molecule has 3 atom stereocenters. The zero-order valence-electron chi connectivity index (χ0n) is 16.4. The third-order valence-electron chi connectivity index (χ3n) is 4.48. The van der Waals surface area contributed by atoms with Gasteiger partial charge in [-0.05, 0) is 36.4 Å². The molecular formula is C19H23BrN2O5SSi. The van der Waals surface area contributed by atoms with Crippen LogP contribution in [0.2, 0.25) is 19.6 Å². The van der Waals surface area contributed by atoms with Crippen molar-refractivity contribution in [1.82, 2.24) is 10.2 Å². The lowest BCUT2D eigenvalue weighted by Crippen LogP contribution is -2.75. The minimum Gasteiger partial charge on any atom is -0.614 e. The fourth-order valence-electron chi connectivity index (χ4n) is 3.28. The Morgan fingerprint density at radius 3 is 2.55 bits per heavy atom. The predicted molar refractivity (Wildman–Crippen MR) is 116 cm³/mol. The van der Waals surface area contributed by atoms with E-state index in [1.165, 1.54) is 4.90 Å². The number of carbonyl (C=O) groups excluding carboxylic acids is 3. The quantitative estimate of drug-likeness (QED) is 0.278. The monoisotopic (exact) mass is 498 g/mol. The average Bonchev–Trinajstić information content (AvgIpc) is 2.64. The van der Waals surface area contributed by atoms with Gasteiger partial charge in [0.05, 0.1) is 6.42 Å². The standard InChI is InChI=1S/C19H23BrN2O5SSi/c1-29(2,3)27-19(25)16-13(10-20)11-28(26)18-15(17(24)22(16)18)21-14(23)9-12-7-5-4-6-8-12/h4-8,15,18H,9-11H2,1-3H3,(H,21,23)/t15?,18-,28?/m0/s1. The summed E-state index contributed by atoms with van der Waals surface area (Å²) in [6.07, 6.45) is 0.122. The summed E-state index contributed by atoms with van der Waals surface area (Å²) < 4.78 is 18.3. The number of rotatable bonds is 6. The molecule has 1 aromatic rings. The van der Waals surface area contributed by atoms with Gasteiger partial charge in [-0.15, -0.1) is 0 Å². The zero-order valence-corrected chi connectivity index (χ0v) is 19.8. The second-order valence-corrected chi connectivity index (χ2v) is 14.4. The molecule has 0 spiro atoms. The number of hydrogen-bond donors (Lipinski definition) is 1. The van der Waals surface area contributed by atoms with Gasteiger partial charge < -0.3 is 14.3 Å². The highest BCUT2D eigenvalue weighted by molar-refractivity contribution is 9.09. The van der Waals surface area contributed by atoms with Crippen LogP contribution in [0.3, 0.4) is 0 Å². The molecule has 2 unspecified atom stereocenters. The molecule has 0 saturated carbocycles. The lowest BCUT2D eigenvalue weighted by Gasteiger charge is -2.49. The van der Waals surface area contributed by atoms with Gasteiger partial charge in [-0.25, -0.2) is 4.79 Å². The molecule has 2 aliphatic heterocycles. The number of fused-ring (bicyclic) bond motifs is 1. The number of halogens is 1. The normalized spacial score (nSPS) is 24.0. The van der Waals surface area contributed by atoms with Crippen LogP contribution in [0.15, 0.2) is 41.6 Å². The molecule has 1 saturated heterocycles. The first-order valence-corrected chi connectivity index (χ1v) is 15.1. The Morgan fingerprint density at radius 2 is 1.97 bits per heavy atom. The van der Waals surface area contributed by atoms with Gasteiger partial charge in [0.15, 0.2) is 6.04 Å². The van der Waals surface area contributed by atoms with Gasteiger partial charge in [0, 0.05) is 10.9 Å². The second-order valence-electron chi connectivity index (χ2n) is 7.92. The lowest BCUT2D eigenvalue weighted by molar-refractivity contribution is -0.150. The number of benzene rings is 1. The first-order chi connectivity index (χ1) is 13.6. The highest BCUT2D eigenvalue weighted by Crippen LogP contribution is 2.38. The Morgan fingerprint density at radius 1 is 1.31 bits per heavy atom. The van der Waals surface area contributed by atoms with Crippen molar-refractivity contribution in [3.05, 3.63) is 47.2 Å². The average molecular weight is 499 g/mol. The van der Waals surface area contributed by atoms with E-state index < -0.39 is 42.8 Å². The predicted octanol–water partition coefficient (Wildman–Crippen LogP) is 1.67. The zero-order chi connectivity index (χ0) is 21.3. The van der Waals surface area contributed by atoms with E-state index in [0.29, 0.717) is 10.9 Å². The minimum atomic E-state index is -2.18. The van der Waals surface area contributed by atoms with Gasteiger partial charge in [-0.1, -0.05) is 46.3 Å². The Kier molecular flexibility index (Phi) is 6.56. The molecular weight excluding hydrogens is 476 g/mol. The van der Waals surface area contributed by atoms with E-state index in [1.807, 2.05) is 50.0 Å². The van der Waals surface area contributed by atoms with Crippen LogP contribution in [0.1, 0.15) is 5.56 Å². The van der Waals surface area contributed by atoms with Gasteiger partial charge in [-0.2, -0.15) is 0 Å². The SMILES string of the molecule is C[Si](C)(C)OC(=O)C1=C(CBr)C[S+]([O-])[C@H]2C(NC(=O)Cc3ccccc3)C(=O)N12. The Balaban J connectivity index is 1.77. The van der Waals surface area contributed by atoms with Crippen molar-refractivity contribution >= 4 is 53.2 Å². The molecule has 10 heteroatoms. The summed E-state index contributed by atoms with van der Waals surface area (Å²) in [5.74, 6) is -1.18. The van der Waals surface area contributed by atoms with Gasteiger partial charge in [0.25, 0.3) is 5.91 Å². The number of nitrogens with zero attached hydrogens (tertiary/aromatic N) is 1. The summed E-state index contributed by atoms with van der Waals surface area (Å²) in [5.41, 5.74) is 1.55. The number of carbonyl (C=O) groups is 3. The fraction of sp³-hybridized carbons (Fsp3) is 0.421. The van der Waals surface area contributed by atoms with Crippen LogP contribution < -0.4 is 5.32 Å². The van der Waals surface area contributed by atoms with E-state index in [4.69, 9.17) is 4.43 Å². The molecule has 7 nitrogen and oxygen atoms in total. The topological polar surface area (TPSA) is 98.8 Å². The maximum atomic E-state index is 12.8. The number of amides is 2. The van der Waals surface area contributed by atoms with Gasteiger partial charge in [-0.3, -0.25) is 14.5 Å². The van der Waals surface area contributed by atoms with E-state index >= 15 is 0 Å². The summed E-state index contributed by atoms with van der Waals surface area (Å²) in [6.45, 7) is 5.63. The fourth-order valence-corrected chi connectivity index (χ4v) is 6.34. The molecule has 1 aromatic carbocycles. The third kappa shape index (κ3) is 4.76. The molecule has 29 heavy (non-hydrogen) atoms. The third-order valence-corrected chi connectivity index (χ3v) is 7.61. The molecule has 2 amide bonds. The molecule has 0 aromatic heterocycles. The second kappa shape index (κ2) is 8.63. The van der Waals surface area contributed by atoms with Crippen LogP contribution in [0, 0.1) is 0 Å². The maximum absolute atomic E-state index is 12.8. The van der Waals surface area contributed by atoms with E-state index in [9.17, 15) is 18.9 Å². The summed E-state index contributed by atoms with van der Waals surface area (Å²) in [6, 6.07) is 8.26. The Hall–Kier alpha value is -1.62. The Bertz CT molecular complexity index is 858. The van der Waals surface area contributed by atoms with E-state index in [-0.39, 0.29) is 23.8 Å². The smallest absolute Gasteiger partial charge is 0.342 e. The van der Waals surface area contributed by atoms with Crippen LogP contribution in [0.25, 0.3) is 0 Å². The largest absolute Gasteiger partial charge is 0.614 e. The number of β-lactam (4-membered cyclic amide) rings is 1. The molecule has 3 rings (SSSR count). The van der Waals surface area contributed by atoms with Crippen molar-refractivity contribution in [2.75, 3.05) is 11.1 Å². The van der Waals surface area contributed by atoms with E-state index in [2.05, 4.69) is 21.2 Å².